The van der Waals surface area contributed by atoms with Crippen molar-refractivity contribution in [1.29, 1.82) is 0 Å². The number of Topliss-reactive ketones (excluding diaryl/α,β-unsaturated/α-hetero) is 1. The Morgan fingerprint density at radius 2 is 1.89 bits per heavy atom. The first-order chi connectivity index (χ1) is 8.34. The molecule has 1 unspecified atom stereocenters. The molecule has 0 fully saturated rings. The number of carbonyl (C=O) groups is 3. The van der Waals surface area contributed by atoms with Gasteiger partial charge in [0, 0.05) is 0 Å². The first kappa shape index (κ1) is 16.3. The number of aliphatic carboxylic acids is 1. The molecule has 0 aliphatic carbocycles. The van der Waals surface area contributed by atoms with Crippen LogP contribution in [0.15, 0.2) is 12.2 Å². The van der Waals surface area contributed by atoms with Gasteiger partial charge in [-0.2, -0.15) is 0 Å². The monoisotopic (exact) mass is 258 g/mol. The van der Waals surface area contributed by atoms with Gasteiger partial charge in [-0.1, -0.05) is 6.58 Å². The number of esters is 1. The van der Waals surface area contributed by atoms with Gasteiger partial charge in [0.15, 0.2) is 5.78 Å². The molecule has 0 bridgehead atoms. The highest BCUT2D eigenvalue weighted by molar-refractivity contribution is 5.97. The second-order valence-electron chi connectivity index (χ2n) is 3.92. The molecule has 0 saturated heterocycles. The summed E-state index contributed by atoms with van der Waals surface area (Å²) in [5, 5.41) is 17.7. The lowest BCUT2D eigenvalue weighted by Gasteiger charge is -2.09. The summed E-state index contributed by atoms with van der Waals surface area (Å²) in [5.74, 6) is -2.08. The van der Waals surface area contributed by atoms with Gasteiger partial charge >= 0.3 is 11.9 Å². The van der Waals surface area contributed by atoms with Crippen LogP contribution in [0.1, 0.15) is 32.6 Å². The minimum atomic E-state index is -1.12. The van der Waals surface area contributed by atoms with Crippen LogP contribution in [-0.2, 0) is 19.1 Å². The van der Waals surface area contributed by atoms with E-state index in [0.29, 0.717) is 6.42 Å². The van der Waals surface area contributed by atoms with Crippen LogP contribution in [0.3, 0.4) is 0 Å². The number of ether oxygens (including phenoxy) is 1. The fourth-order valence-corrected chi connectivity index (χ4v) is 1.16. The molecule has 0 aromatic heterocycles. The fourth-order valence-electron chi connectivity index (χ4n) is 1.16. The van der Waals surface area contributed by atoms with Gasteiger partial charge < -0.3 is 14.9 Å². The molecule has 2 N–H and O–H groups in total. The predicted octanol–water partition coefficient (Wildman–Crippen LogP) is 0.681. The van der Waals surface area contributed by atoms with E-state index in [4.69, 9.17) is 9.84 Å². The predicted molar refractivity (Wildman–Crippen MR) is 62.9 cm³/mol. The molecule has 0 rings (SSSR count). The van der Waals surface area contributed by atoms with Crippen LogP contribution >= 0.6 is 0 Å². The Labute approximate surface area is 105 Å². The maximum absolute atomic E-state index is 11.2. The van der Waals surface area contributed by atoms with Gasteiger partial charge in [-0.05, 0) is 25.3 Å². The second-order valence-corrected chi connectivity index (χ2v) is 3.92. The van der Waals surface area contributed by atoms with Gasteiger partial charge in [-0.25, -0.2) is 0 Å². The average molecular weight is 258 g/mol. The lowest BCUT2D eigenvalue weighted by molar-refractivity contribution is -0.147. The number of rotatable bonds is 9. The van der Waals surface area contributed by atoms with Crippen molar-refractivity contribution in [3.05, 3.63) is 12.2 Å². The summed E-state index contributed by atoms with van der Waals surface area (Å²) in [6.45, 7) is 4.99. The van der Waals surface area contributed by atoms with E-state index in [2.05, 4.69) is 6.58 Å². The van der Waals surface area contributed by atoms with Crippen LogP contribution in [0.4, 0.5) is 0 Å². The summed E-state index contributed by atoms with van der Waals surface area (Å²) in [5.41, 5.74) is 0.279. The van der Waals surface area contributed by atoms with Crippen LogP contribution in [0.25, 0.3) is 0 Å². The molecule has 1 atom stereocenters. The quantitative estimate of drug-likeness (QED) is 0.358. The van der Waals surface area contributed by atoms with Gasteiger partial charge in [0.1, 0.15) is 6.10 Å². The SMILES string of the molecule is C=C(C)C(=O)C(O)CCCOC(=O)CCC(=O)O. The highest BCUT2D eigenvalue weighted by Gasteiger charge is 2.15. The summed E-state index contributed by atoms with van der Waals surface area (Å²) in [6, 6.07) is 0. The van der Waals surface area contributed by atoms with E-state index >= 15 is 0 Å². The third-order valence-electron chi connectivity index (χ3n) is 2.15. The van der Waals surface area contributed by atoms with Crippen LogP contribution in [-0.4, -0.2) is 40.6 Å². The van der Waals surface area contributed by atoms with Crippen molar-refractivity contribution in [2.24, 2.45) is 0 Å². The summed E-state index contributed by atoms with van der Waals surface area (Å²) < 4.78 is 4.74. The first-order valence-electron chi connectivity index (χ1n) is 5.59. The number of aliphatic hydroxyl groups is 1. The number of hydrogen-bond donors (Lipinski definition) is 2. The van der Waals surface area contributed by atoms with Gasteiger partial charge in [0.25, 0.3) is 0 Å². The molecule has 102 valence electrons. The number of carboxylic acid groups (broad SMARTS) is 1. The summed E-state index contributed by atoms with van der Waals surface area (Å²) >= 11 is 0. The molecule has 6 heteroatoms. The molecular weight excluding hydrogens is 240 g/mol. The Kier molecular flexibility index (Phi) is 7.62. The molecule has 0 aliphatic heterocycles. The first-order valence-corrected chi connectivity index (χ1v) is 5.59. The standard InChI is InChI=1S/C12H18O6/c1-8(2)12(17)9(13)4-3-7-18-11(16)6-5-10(14)15/h9,13H,1,3-7H2,2H3,(H,14,15). The number of carbonyl (C=O) groups excluding carboxylic acids is 2. The smallest absolute Gasteiger partial charge is 0.306 e. The third kappa shape index (κ3) is 7.56. The molecule has 0 aliphatic rings. The minimum Gasteiger partial charge on any atom is -0.481 e. The highest BCUT2D eigenvalue weighted by atomic mass is 16.5. The summed E-state index contributed by atoms with van der Waals surface area (Å²) in [6.07, 6.45) is -1.06. The van der Waals surface area contributed by atoms with E-state index < -0.39 is 23.8 Å². The van der Waals surface area contributed by atoms with Crippen LogP contribution in [0.2, 0.25) is 0 Å². The van der Waals surface area contributed by atoms with Gasteiger partial charge in [0.2, 0.25) is 0 Å². The second kappa shape index (κ2) is 8.41. The Morgan fingerprint density at radius 3 is 2.39 bits per heavy atom. The van der Waals surface area contributed by atoms with E-state index in [-0.39, 0.29) is 31.4 Å². The topological polar surface area (TPSA) is 101 Å². The third-order valence-corrected chi connectivity index (χ3v) is 2.15. The molecule has 6 nitrogen and oxygen atoms in total. The van der Waals surface area contributed by atoms with Crippen molar-refractivity contribution in [2.75, 3.05) is 6.61 Å². The lowest BCUT2D eigenvalue weighted by atomic mass is 10.1. The van der Waals surface area contributed by atoms with Gasteiger partial charge in [-0.3, -0.25) is 14.4 Å². The fraction of sp³-hybridized carbons (Fsp3) is 0.583. The van der Waals surface area contributed by atoms with Crippen LogP contribution < -0.4 is 0 Å². The normalized spacial score (nSPS) is 11.7. The average Bonchev–Trinajstić information content (AvgIpc) is 2.30. The molecule has 0 aromatic carbocycles. The van der Waals surface area contributed by atoms with Crippen molar-refractivity contribution in [2.45, 2.75) is 38.7 Å². The number of carboxylic acids is 1. The zero-order valence-corrected chi connectivity index (χ0v) is 10.3. The number of hydrogen-bond acceptors (Lipinski definition) is 5. The number of aliphatic hydroxyl groups excluding tert-OH is 1. The Balaban J connectivity index is 3.67. The molecule has 0 heterocycles. The largest absolute Gasteiger partial charge is 0.481 e. The lowest BCUT2D eigenvalue weighted by Crippen LogP contribution is -2.21. The Morgan fingerprint density at radius 1 is 1.28 bits per heavy atom. The van der Waals surface area contributed by atoms with E-state index in [9.17, 15) is 19.5 Å². The molecule has 0 saturated carbocycles. The van der Waals surface area contributed by atoms with Crippen LogP contribution in [0.5, 0.6) is 0 Å². The van der Waals surface area contributed by atoms with Crippen LogP contribution in [0, 0.1) is 0 Å². The van der Waals surface area contributed by atoms with E-state index in [1.165, 1.54) is 6.92 Å². The zero-order valence-electron chi connectivity index (χ0n) is 10.3. The molecular formula is C12H18O6. The molecule has 0 amide bonds. The van der Waals surface area contributed by atoms with Gasteiger partial charge in [-0.15, -0.1) is 0 Å². The van der Waals surface area contributed by atoms with E-state index in [1.54, 1.807) is 0 Å². The van der Waals surface area contributed by atoms with Crippen molar-refractivity contribution < 1.29 is 29.3 Å². The molecule has 0 radical (unpaired) electrons. The molecule has 0 aromatic rings. The number of ketones is 1. The molecule has 0 spiro atoms. The van der Waals surface area contributed by atoms with E-state index in [0.717, 1.165) is 0 Å². The van der Waals surface area contributed by atoms with E-state index in [1.807, 2.05) is 0 Å². The zero-order chi connectivity index (χ0) is 14.1. The van der Waals surface area contributed by atoms with Crippen molar-refractivity contribution in [3.8, 4) is 0 Å². The maximum atomic E-state index is 11.2. The summed E-state index contributed by atoms with van der Waals surface area (Å²) in [7, 11) is 0. The maximum Gasteiger partial charge on any atom is 0.306 e. The minimum absolute atomic E-state index is 0.0545. The highest BCUT2D eigenvalue weighted by Crippen LogP contribution is 2.04. The van der Waals surface area contributed by atoms with Crippen molar-refractivity contribution in [3.63, 3.8) is 0 Å². The molecule has 18 heavy (non-hydrogen) atoms. The van der Waals surface area contributed by atoms with Crippen molar-refractivity contribution >= 4 is 17.7 Å². The summed E-state index contributed by atoms with van der Waals surface area (Å²) in [4.78, 5) is 32.4. The Hall–Kier alpha value is -1.69. The van der Waals surface area contributed by atoms with Gasteiger partial charge in [0.05, 0.1) is 19.4 Å². The Bertz CT molecular complexity index is 333. The van der Waals surface area contributed by atoms with Crippen molar-refractivity contribution in [1.82, 2.24) is 0 Å².